The van der Waals surface area contributed by atoms with Crippen LogP contribution in [0.3, 0.4) is 0 Å². The minimum Gasteiger partial charge on any atom is -0.405 e. The SMILES string of the molecule is Nc1cc(OC(F)(F)F)c(-c2cc(F)c(N)cc2OC(F)(F)F)cc1F. The van der Waals surface area contributed by atoms with Crippen molar-refractivity contribution in [3.63, 3.8) is 0 Å². The summed E-state index contributed by atoms with van der Waals surface area (Å²) in [5, 5.41) is 0. The molecule has 2 rings (SSSR count). The Morgan fingerprint density at radius 1 is 0.615 bits per heavy atom. The molecule has 0 atom stereocenters. The lowest BCUT2D eigenvalue weighted by Crippen LogP contribution is -2.19. The Kier molecular flexibility index (Phi) is 4.79. The zero-order valence-corrected chi connectivity index (χ0v) is 12.3. The van der Waals surface area contributed by atoms with Gasteiger partial charge in [-0.3, -0.25) is 0 Å². The van der Waals surface area contributed by atoms with E-state index >= 15 is 0 Å². The van der Waals surface area contributed by atoms with E-state index in [0.29, 0.717) is 24.3 Å². The summed E-state index contributed by atoms with van der Waals surface area (Å²) in [6, 6.07) is 1.49. The molecule has 0 saturated carbocycles. The standard InChI is InChI=1S/C14H8F8N2O2/c15-7-1-5(11(3-9(7)23)25-13(17,18)19)6-2-8(16)10(24)4-12(6)26-14(20,21)22/h1-4H,23-24H2. The van der Waals surface area contributed by atoms with Crippen molar-refractivity contribution in [1.29, 1.82) is 0 Å². The molecular weight excluding hydrogens is 380 g/mol. The lowest BCUT2D eigenvalue weighted by atomic mass is 10.0. The monoisotopic (exact) mass is 388 g/mol. The van der Waals surface area contributed by atoms with E-state index in [1.54, 1.807) is 0 Å². The molecule has 26 heavy (non-hydrogen) atoms. The predicted octanol–water partition coefficient (Wildman–Crippen LogP) is 4.59. The quantitative estimate of drug-likeness (QED) is 0.596. The second-order valence-corrected chi connectivity index (χ2v) is 4.84. The minimum atomic E-state index is -5.28. The fourth-order valence-electron chi connectivity index (χ4n) is 1.98. The maximum Gasteiger partial charge on any atom is 0.573 e. The fourth-order valence-corrected chi connectivity index (χ4v) is 1.98. The average Bonchev–Trinajstić information content (AvgIpc) is 2.43. The number of hydrogen-bond acceptors (Lipinski definition) is 4. The lowest BCUT2D eigenvalue weighted by molar-refractivity contribution is -0.276. The average molecular weight is 388 g/mol. The van der Waals surface area contributed by atoms with Gasteiger partial charge < -0.3 is 20.9 Å². The van der Waals surface area contributed by atoms with E-state index < -0.39 is 58.4 Å². The van der Waals surface area contributed by atoms with Crippen molar-refractivity contribution in [2.45, 2.75) is 12.7 Å². The summed E-state index contributed by atoms with van der Waals surface area (Å²) in [6.07, 6.45) is -10.6. The van der Waals surface area contributed by atoms with Crippen LogP contribution in [0.5, 0.6) is 11.5 Å². The largest absolute Gasteiger partial charge is 0.573 e. The van der Waals surface area contributed by atoms with Crippen LogP contribution >= 0.6 is 0 Å². The number of ether oxygens (including phenoxy) is 2. The molecule has 0 aliphatic carbocycles. The van der Waals surface area contributed by atoms with Gasteiger partial charge in [0, 0.05) is 23.3 Å². The molecule has 0 aromatic heterocycles. The molecule has 142 valence electrons. The first kappa shape index (κ1) is 19.4. The highest BCUT2D eigenvalue weighted by Gasteiger charge is 2.35. The van der Waals surface area contributed by atoms with Gasteiger partial charge in [-0.25, -0.2) is 8.78 Å². The van der Waals surface area contributed by atoms with Crippen LogP contribution in [-0.4, -0.2) is 12.7 Å². The molecule has 2 aromatic rings. The van der Waals surface area contributed by atoms with Gasteiger partial charge >= 0.3 is 12.7 Å². The second kappa shape index (κ2) is 6.42. The van der Waals surface area contributed by atoms with Crippen molar-refractivity contribution >= 4 is 11.4 Å². The summed E-state index contributed by atoms with van der Waals surface area (Å²) in [7, 11) is 0. The Morgan fingerprint density at radius 3 is 1.19 bits per heavy atom. The van der Waals surface area contributed by atoms with Crippen LogP contribution in [0.25, 0.3) is 11.1 Å². The zero-order chi connectivity index (χ0) is 19.9. The van der Waals surface area contributed by atoms with Gasteiger partial charge in [0.15, 0.2) is 0 Å². The fraction of sp³-hybridized carbons (Fsp3) is 0.143. The van der Waals surface area contributed by atoms with E-state index in [1.165, 1.54) is 0 Å². The van der Waals surface area contributed by atoms with Crippen molar-refractivity contribution in [3.8, 4) is 22.6 Å². The van der Waals surface area contributed by atoms with E-state index in [4.69, 9.17) is 11.5 Å². The van der Waals surface area contributed by atoms with Gasteiger partial charge in [-0.05, 0) is 12.1 Å². The molecule has 12 heteroatoms. The van der Waals surface area contributed by atoms with Crippen molar-refractivity contribution in [3.05, 3.63) is 35.9 Å². The number of nitrogens with two attached hydrogens (primary N) is 2. The molecule has 0 radical (unpaired) electrons. The van der Waals surface area contributed by atoms with E-state index in [-0.39, 0.29) is 0 Å². The number of benzene rings is 2. The molecule has 4 N–H and O–H groups in total. The van der Waals surface area contributed by atoms with Crippen LogP contribution in [-0.2, 0) is 0 Å². The highest BCUT2D eigenvalue weighted by Crippen LogP contribution is 2.43. The normalized spacial score (nSPS) is 12.2. The molecule has 0 spiro atoms. The first-order valence-corrected chi connectivity index (χ1v) is 6.47. The summed E-state index contributed by atoms with van der Waals surface area (Å²) in [4.78, 5) is 0. The Hall–Kier alpha value is -2.92. The van der Waals surface area contributed by atoms with Crippen LogP contribution in [0.2, 0.25) is 0 Å². The van der Waals surface area contributed by atoms with Gasteiger partial charge in [0.2, 0.25) is 0 Å². The Morgan fingerprint density at radius 2 is 0.923 bits per heavy atom. The van der Waals surface area contributed by atoms with Crippen LogP contribution in [0.1, 0.15) is 0 Å². The van der Waals surface area contributed by atoms with Crippen molar-refractivity contribution in [2.24, 2.45) is 0 Å². The molecule has 0 aliphatic heterocycles. The Bertz CT molecular complexity index is 764. The second-order valence-electron chi connectivity index (χ2n) is 4.84. The summed E-state index contributed by atoms with van der Waals surface area (Å²) < 4.78 is 110. The van der Waals surface area contributed by atoms with Gasteiger partial charge in [0.1, 0.15) is 23.1 Å². The number of nitrogen functional groups attached to an aromatic ring is 2. The Labute approximate surface area is 139 Å². The topological polar surface area (TPSA) is 70.5 Å². The molecule has 0 amide bonds. The third kappa shape index (κ3) is 4.58. The van der Waals surface area contributed by atoms with Crippen molar-refractivity contribution in [1.82, 2.24) is 0 Å². The predicted molar refractivity (Wildman–Crippen MR) is 74.0 cm³/mol. The summed E-state index contributed by atoms with van der Waals surface area (Å²) in [5.41, 5.74) is 6.99. The third-order valence-corrected chi connectivity index (χ3v) is 2.94. The van der Waals surface area contributed by atoms with Gasteiger partial charge in [-0.15, -0.1) is 26.3 Å². The van der Waals surface area contributed by atoms with Crippen LogP contribution in [0.15, 0.2) is 24.3 Å². The molecule has 4 nitrogen and oxygen atoms in total. The molecule has 0 saturated heterocycles. The first-order valence-electron chi connectivity index (χ1n) is 6.47. The summed E-state index contributed by atoms with van der Waals surface area (Å²) >= 11 is 0. The maximum atomic E-state index is 13.7. The molecular formula is C14H8F8N2O2. The molecule has 0 fully saturated rings. The summed E-state index contributed by atoms with van der Waals surface area (Å²) in [6.45, 7) is 0. The van der Waals surface area contributed by atoms with E-state index in [0.717, 1.165) is 0 Å². The summed E-state index contributed by atoms with van der Waals surface area (Å²) in [5.74, 6) is -4.87. The van der Waals surface area contributed by atoms with Gasteiger partial charge in [-0.1, -0.05) is 0 Å². The van der Waals surface area contributed by atoms with Crippen LogP contribution in [0.4, 0.5) is 46.5 Å². The van der Waals surface area contributed by atoms with Crippen LogP contribution in [0, 0.1) is 11.6 Å². The molecule has 0 heterocycles. The number of anilines is 2. The smallest absolute Gasteiger partial charge is 0.405 e. The van der Waals surface area contributed by atoms with Gasteiger partial charge in [0.05, 0.1) is 11.4 Å². The molecule has 2 aromatic carbocycles. The first-order chi connectivity index (χ1) is 11.8. The molecule has 0 bridgehead atoms. The van der Waals surface area contributed by atoms with Crippen molar-refractivity contribution < 1.29 is 44.6 Å². The highest BCUT2D eigenvalue weighted by molar-refractivity contribution is 5.79. The molecule has 0 unspecified atom stereocenters. The third-order valence-electron chi connectivity index (χ3n) is 2.94. The highest BCUT2D eigenvalue weighted by atomic mass is 19.4. The number of rotatable bonds is 3. The van der Waals surface area contributed by atoms with Crippen molar-refractivity contribution in [2.75, 3.05) is 11.5 Å². The van der Waals surface area contributed by atoms with E-state index in [9.17, 15) is 35.1 Å². The van der Waals surface area contributed by atoms with Gasteiger partial charge in [-0.2, -0.15) is 0 Å². The van der Waals surface area contributed by atoms with E-state index in [2.05, 4.69) is 9.47 Å². The number of halogens is 8. The molecule has 0 aliphatic rings. The zero-order valence-electron chi connectivity index (χ0n) is 12.3. The number of alkyl halides is 6. The maximum absolute atomic E-state index is 13.7. The van der Waals surface area contributed by atoms with Gasteiger partial charge in [0.25, 0.3) is 0 Å². The minimum absolute atomic E-state index is 0.352. The Balaban J connectivity index is 2.74. The number of hydrogen-bond donors (Lipinski definition) is 2. The lowest BCUT2D eigenvalue weighted by Gasteiger charge is -2.18. The van der Waals surface area contributed by atoms with E-state index in [1.807, 2.05) is 0 Å². The van der Waals surface area contributed by atoms with Crippen LogP contribution < -0.4 is 20.9 Å².